The second kappa shape index (κ2) is 9.72. The Bertz CT molecular complexity index is 997. The van der Waals surface area contributed by atoms with Gasteiger partial charge in [-0.3, -0.25) is 0 Å². The van der Waals surface area contributed by atoms with Gasteiger partial charge in [0.05, 0.1) is 10.9 Å². The highest BCUT2D eigenvalue weighted by Crippen LogP contribution is 2.27. The Morgan fingerprint density at radius 3 is 1.86 bits per heavy atom. The molecule has 0 radical (unpaired) electrons. The average Bonchev–Trinajstić information content (AvgIpc) is 2.77. The molecule has 0 aliphatic rings. The second-order valence-corrected chi connectivity index (χ2v) is 8.70. The van der Waals surface area contributed by atoms with Gasteiger partial charge in [0.25, 0.3) is 0 Å². The summed E-state index contributed by atoms with van der Waals surface area (Å²) in [4.78, 5) is 0.273. The fraction of sp³-hybridized carbons (Fsp3) is 0.250. The normalized spacial score (nSPS) is 12.5. The largest absolute Gasteiger partial charge is 0.376 e. The SMILES string of the molecule is CCc1cccc(CC)c1NC(CNS(=O)(=O)c1ccccc1)c1ccccc1. The molecule has 0 aliphatic heterocycles. The highest BCUT2D eigenvalue weighted by atomic mass is 32.2. The van der Waals surface area contributed by atoms with Gasteiger partial charge in [0.1, 0.15) is 0 Å². The summed E-state index contributed by atoms with van der Waals surface area (Å²) in [6.45, 7) is 4.52. The van der Waals surface area contributed by atoms with Crippen LogP contribution in [0.2, 0.25) is 0 Å². The van der Waals surface area contributed by atoms with E-state index in [4.69, 9.17) is 0 Å². The number of sulfonamides is 1. The Morgan fingerprint density at radius 2 is 1.31 bits per heavy atom. The molecule has 0 heterocycles. The third-order valence-electron chi connectivity index (χ3n) is 5.05. The van der Waals surface area contributed by atoms with E-state index in [-0.39, 0.29) is 17.5 Å². The highest BCUT2D eigenvalue weighted by molar-refractivity contribution is 7.89. The molecular weight excluding hydrogens is 380 g/mol. The maximum absolute atomic E-state index is 12.7. The minimum absolute atomic E-state index is 0.187. The lowest BCUT2D eigenvalue weighted by molar-refractivity contribution is 0.576. The number of anilines is 1. The van der Waals surface area contributed by atoms with Gasteiger partial charge in [-0.05, 0) is 41.7 Å². The number of benzene rings is 3. The average molecular weight is 409 g/mol. The Morgan fingerprint density at radius 1 is 0.759 bits per heavy atom. The lowest BCUT2D eigenvalue weighted by Gasteiger charge is -2.24. The first kappa shape index (κ1) is 21.1. The first-order chi connectivity index (χ1) is 14.0. The molecule has 1 atom stereocenters. The number of rotatable bonds is 9. The summed E-state index contributed by atoms with van der Waals surface area (Å²) >= 11 is 0. The summed E-state index contributed by atoms with van der Waals surface area (Å²) in [5.41, 5.74) is 4.61. The molecule has 0 aliphatic carbocycles. The van der Waals surface area contributed by atoms with Gasteiger partial charge in [-0.25, -0.2) is 13.1 Å². The van der Waals surface area contributed by atoms with Crippen LogP contribution in [0.15, 0.2) is 83.8 Å². The van der Waals surface area contributed by atoms with Crippen molar-refractivity contribution >= 4 is 15.7 Å². The molecule has 1 unspecified atom stereocenters. The number of para-hydroxylation sites is 1. The van der Waals surface area contributed by atoms with Crippen LogP contribution in [0.5, 0.6) is 0 Å². The van der Waals surface area contributed by atoms with Crippen LogP contribution in [0.4, 0.5) is 5.69 Å². The van der Waals surface area contributed by atoms with E-state index in [0.717, 1.165) is 24.1 Å². The van der Waals surface area contributed by atoms with Crippen LogP contribution < -0.4 is 10.0 Å². The molecular formula is C24H28N2O2S. The van der Waals surface area contributed by atoms with Crippen LogP contribution >= 0.6 is 0 Å². The first-order valence-corrected chi connectivity index (χ1v) is 11.5. The van der Waals surface area contributed by atoms with Crippen molar-refractivity contribution in [3.63, 3.8) is 0 Å². The summed E-state index contributed by atoms with van der Waals surface area (Å²) in [6, 6.07) is 24.6. The molecule has 0 bridgehead atoms. The minimum atomic E-state index is -3.58. The maximum Gasteiger partial charge on any atom is 0.240 e. The van der Waals surface area contributed by atoms with Crippen LogP contribution in [-0.4, -0.2) is 15.0 Å². The number of aryl methyl sites for hydroxylation is 2. The van der Waals surface area contributed by atoms with Crippen molar-refractivity contribution in [3.8, 4) is 0 Å². The van der Waals surface area contributed by atoms with E-state index in [0.29, 0.717) is 0 Å². The zero-order chi connectivity index (χ0) is 20.7. The third kappa shape index (κ3) is 5.25. The molecule has 0 amide bonds. The minimum Gasteiger partial charge on any atom is -0.376 e. The maximum atomic E-state index is 12.7. The molecule has 0 spiro atoms. The number of nitrogens with one attached hydrogen (secondary N) is 2. The molecule has 3 rings (SSSR count). The summed E-state index contributed by atoms with van der Waals surface area (Å²) in [5.74, 6) is 0. The summed E-state index contributed by atoms with van der Waals surface area (Å²) < 4.78 is 28.2. The number of hydrogen-bond acceptors (Lipinski definition) is 3. The first-order valence-electron chi connectivity index (χ1n) is 10.0. The van der Waals surface area contributed by atoms with Gasteiger partial charge >= 0.3 is 0 Å². The molecule has 0 saturated heterocycles. The molecule has 4 nitrogen and oxygen atoms in total. The van der Waals surface area contributed by atoms with Crippen LogP contribution in [-0.2, 0) is 22.9 Å². The number of hydrogen-bond donors (Lipinski definition) is 2. The highest BCUT2D eigenvalue weighted by Gasteiger charge is 2.19. The molecule has 0 fully saturated rings. The van der Waals surface area contributed by atoms with E-state index < -0.39 is 10.0 Å². The predicted octanol–water partition coefficient (Wildman–Crippen LogP) is 4.94. The van der Waals surface area contributed by atoms with E-state index >= 15 is 0 Å². The summed E-state index contributed by atoms with van der Waals surface area (Å²) in [5, 5.41) is 3.63. The van der Waals surface area contributed by atoms with Gasteiger partial charge in [0, 0.05) is 12.2 Å². The van der Waals surface area contributed by atoms with Gasteiger partial charge in [-0.1, -0.05) is 80.6 Å². The molecule has 5 heteroatoms. The lowest BCUT2D eigenvalue weighted by Crippen LogP contribution is -2.32. The van der Waals surface area contributed by atoms with Gasteiger partial charge in [0.15, 0.2) is 0 Å². The molecule has 3 aromatic carbocycles. The Hall–Kier alpha value is -2.63. The van der Waals surface area contributed by atoms with E-state index in [1.165, 1.54) is 11.1 Å². The summed E-state index contributed by atoms with van der Waals surface area (Å²) in [7, 11) is -3.58. The van der Waals surface area contributed by atoms with Crippen molar-refractivity contribution in [1.82, 2.24) is 4.72 Å². The van der Waals surface area contributed by atoms with Gasteiger partial charge in [0.2, 0.25) is 10.0 Å². The smallest absolute Gasteiger partial charge is 0.240 e. The Kier molecular flexibility index (Phi) is 7.07. The van der Waals surface area contributed by atoms with E-state index in [1.54, 1.807) is 30.3 Å². The summed E-state index contributed by atoms with van der Waals surface area (Å²) in [6.07, 6.45) is 1.82. The quantitative estimate of drug-likeness (QED) is 0.527. The van der Waals surface area contributed by atoms with E-state index in [1.807, 2.05) is 30.3 Å². The fourth-order valence-electron chi connectivity index (χ4n) is 3.42. The van der Waals surface area contributed by atoms with Crippen molar-refractivity contribution < 1.29 is 8.42 Å². The monoisotopic (exact) mass is 408 g/mol. The van der Waals surface area contributed by atoms with Crippen molar-refractivity contribution in [3.05, 3.63) is 95.6 Å². The Balaban J connectivity index is 1.89. The molecule has 2 N–H and O–H groups in total. The third-order valence-corrected chi connectivity index (χ3v) is 6.49. The molecule has 29 heavy (non-hydrogen) atoms. The van der Waals surface area contributed by atoms with Crippen LogP contribution in [0.3, 0.4) is 0 Å². The molecule has 3 aromatic rings. The van der Waals surface area contributed by atoms with Crippen molar-refractivity contribution in [2.24, 2.45) is 0 Å². The fourth-order valence-corrected chi connectivity index (χ4v) is 4.48. The molecule has 0 saturated carbocycles. The second-order valence-electron chi connectivity index (χ2n) is 6.93. The van der Waals surface area contributed by atoms with E-state index in [9.17, 15) is 8.42 Å². The lowest BCUT2D eigenvalue weighted by atomic mass is 10.0. The van der Waals surface area contributed by atoms with Crippen LogP contribution in [0.25, 0.3) is 0 Å². The van der Waals surface area contributed by atoms with E-state index in [2.05, 4.69) is 42.1 Å². The molecule has 152 valence electrons. The van der Waals surface area contributed by atoms with Crippen LogP contribution in [0, 0.1) is 0 Å². The predicted molar refractivity (Wildman–Crippen MR) is 120 cm³/mol. The van der Waals surface area contributed by atoms with Crippen molar-refractivity contribution in [2.45, 2.75) is 37.6 Å². The van der Waals surface area contributed by atoms with Gasteiger partial charge in [-0.15, -0.1) is 0 Å². The topological polar surface area (TPSA) is 58.2 Å². The van der Waals surface area contributed by atoms with Gasteiger partial charge in [-0.2, -0.15) is 0 Å². The zero-order valence-electron chi connectivity index (χ0n) is 16.9. The van der Waals surface area contributed by atoms with Crippen LogP contribution in [0.1, 0.15) is 36.6 Å². The standard InChI is InChI=1S/C24H28N2O2S/c1-3-19-14-11-15-20(4-2)24(19)26-23(21-12-7-5-8-13-21)18-25-29(27,28)22-16-9-6-10-17-22/h5-17,23,25-26H,3-4,18H2,1-2H3. The van der Waals surface area contributed by atoms with Gasteiger partial charge < -0.3 is 5.32 Å². The van der Waals surface area contributed by atoms with Crippen molar-refractivity contribution in [2.75, 3.05) is 11.9 Å². The zero-order valence-corrected chi connectivity index (χ0v) is 17.7. The molecule has 0 aromatic heterocycles. The Labute approximate surface area is 174 Å². The van der Waals surface area contributed by atoms with Crippen molar-refractivity contribution in [1.29, 1.82) is 0 Å².